The molecular weight excluding hydrogens is 394 g/mol. The summed E-state index contributed by atoms with van der Waals surface area (Å²) in [6.07, 6.45) is 0.688. The highest BCUT2D eigenvalue weighted by molar-refractivity contribution is 5.86. The van der Waals surface area contributed by atoms with Gasteiger partial charge in [0.25, 0.3) is 0 Å². The fraction of sp³-hybridized carbons (Fsp3) is 0.500. The second kappa shape index (κ2) is 13.2. The molecule has 2 atom stereocenters. The highest BCUT2D eigenvalue weighted by Crippen LogP contribution is 2.07. The molecule has 0 aliphatic heterocycles. The zero-order valence-corrected chi connectivity index (χ0v) is 16.9. The number of carboxylic acids is 3. The number of urea groups is 1. The molecule has 0 aliphatic carbocycles. The molecule has 1 aromatic rings. The van der Waals surface area contributed by atoms with Crippen molar-refractivity contribution in [2.75, 3.05) is 6.54 Å². The van der Waals surface area contributed by atoms with E-state index in [1.807, 2.05) is 31.2 Å². The van der Waals surface area contributed by atoms with Gasteiger partial charge in [-0.15, -0.1) is 0 Å². The molecule has 10 nitrogen and oxygen atoms in total. The average molecular weight is 423 g/mol. The normalized spacial score (nSPS) is 12.6. The van der Waals surface area contributed by atoms with E-state index in [2.05, 4.69) is 16.0 Å². The van der Waals surface area contributed by atoms with Crippen LogP contribution in [-0.2, 0) is 20.9 Å². The largest absolute Gasteiger partial charge is 0.481 e. The summed E-state index contributed by atoms with van der Waals surface area (Å²) in [6, 6.07) is 4.45. The number of carbonyl (C=O) groups is 4. The fourth-order valence-corrected chi connectivity index (χ4v) is 2.77. The van der Waals surface area contributed by atoms with Crippen LogP contribution in [0.3, 0.4) is 0 Å². The van der Waals surface area contributed by atoms with E-state index in [-0.39, 0.29) is 12.8 Å². The monoisotopic (exact) mass is 423 g/mol. The summed E-state index contributed by atoms with van der Waals surface area (Å²) >= 11 is 0. The van der Waals surface area contributed by atoms with E-state index in [4.69, 9.17) is 10.2 Å². The number of hydrogen-bond acceptors (Lipinski definition) is 5. The zero-order chi connectivity index (χ0) is 22.5. The molecule has 0 radical (unpaired) electrons. The van der Waals surface area contributed by atoms with Crippen molar-refractivity contribution in [3.05, 3.63) is 35.4 Å². The number of unbranched alkanes of at least 4 members (excludes halogenated alkanes) is 1. The maximum Gasteiger partial charge on any atom is 0.326 e. The van der Waals surface area contributed by atoms with Crippen LogP contribution in [0, 0.1) is 6.92 Å². The molecule has 0 bridgehead atoms. The molecule has 1 rings (SSSR count). The summed E-state index contributed by atoms with van der Waals surface area (Å²) in [5, 5.41) is 34.6. The summed E-state index contributed by atoms with van der Waals surface area (Å²) in [5.74, 6) is -3.81. The van der Waals surface area contributed by atoms with Crippen LogP contribution in [0.4, 0.5) is 4.79 Å². The molecule has 0 unspecified atom stereocenters. The second-order valence-corrected chi connectivity index (χ2v) is 6.93. The van der Waals surface area contributed by atoms with Crippen molar-refractivity contribution in [3.8, 4) is 0 Å². The molecule has 0 saturated carbocycles. The first-order chi connectivity index (χ1) is 14.2. The number of aryl methyl sites for hydroxylation is 1. The van der Waals surface area contributed by atoms with Crippen molar-refractivity contribution < 1.29 is 34.5 Å². The third kappa shape index (κ3) is 9.87. The number of carbonyl (C=O) groups excluding carboxylic acids is 1. The van der Waals surface area contributed by atoms with Gasteiger partial charge in [-0.05, 0) is 50.3 Å². The lowest BCUT2D eigenvalue weighted by molar-refractivity contribution is -0.140. The van der Waals surface area contributed by atoms with Gasteiger partial charge in [0.1, 0.15) is 12.1 Å². The molecule has 0 aromatic heterocycles. The molecule has 6 N–H and O–H groups in total. The van der Waals surface area contributed by atoms with Crippen molar-refractivity contribution in [1.29, 1.82) is 0 Å². The third-order valence-electron chi connectivity index (χ3n) is 4.53. The molecule has 2 amide bonds. The molecule has 0 heterocycles. The van der Waals surface area contributed by atoms with Crippen LogP contribution in [0.1, 0.15) is 43.2 Å². The number of amides is 2. The molecule has 10 heteroatoms. The Labute approximate surface area is 174 Å². The minimum Gasteiger partial charge on any atom is -0.481 e. The summed E-state index contributed by atoms with van der Waals surface area (Å²) in [5.41, 5.74) is 2.38. The van der Waals surface area contributed by atoms with E-state index < -0.39 is 42.4 Å². The maximum absolute atomic E-state index is 11.9. The summed E-state index contributed by atoms with van der Waals surface area (Å²) < 4.78 is 0. The summed E-state index contributed by atoms with van der Waals surface area (Å²) in [7, 11) is 0. The minimum absolute atomic E-state index is 0.182. The highest BCUT2D eigenvalue weighted by atomic mass is 16.4. The molecule has 30 heavy (non-hydrogen) atoms. The summed E-state index contributed by atoms with van der Waals surface area (Å²) in [6.45, 7) is 3.42. The first-order valence-corrected chi connectivity index (χ1v) is 9.70. The molecule has 0 saturated heterocycles. The van der Waals surface area contributed by atoms with Gasteiger partial charge in [-0.2, -0.15) is 0 Å². The van der Waals surface area contributed by atoms with E-state index in [9.17, 15) is 24.3 Å². The Morgan fingerprint density at radius 1 is 0.900 bits per heavy atom. The molecule has 0 fully saturated rings. The summed E-state index contributed by atoms with van der Waals surface area (Å²) in [4.78, 5) is 45.0. The van der Waals surface area contributed by atoms with Crippen molar-refractivity contribution in [1.82, 2.24) is 16.0 Å². The van der Waals surface area contributed by atoms with E-state index in [0.29, 0.717) is 25.9 Å². The first-order valence-electron chi connectivity index (χ1n) is 9.70. The van der Waals surface area contributed by atoms with Crippen LogP contribution >= 0.6 is 0 Å². The van der Waals surface area contributed by atoms with Crippen molar-refractivity contribution in [2.24, 2.45) is 0 Å². The van der Waals surface area contributed by atoms with Crippen molar-refractivity contribution >= 4 is 23.9 Å². The Balaban J connectivity index is 2.36. The SMILES string of the molecule is Cc1ccccc1CNCCCC[C@H](NC(=O)N[C@@H](CCC(=O)O)C(=O)O)C(=O)O. The molecule has 0 spiro atoms. The standard InChI is InChI=1S/C20H29N3O7/c1-13-6-2-3-7-14(13)12-21-11-5-4-8-15(18(26)27)22-20(30)23-16(19(28)29)9-10-17(24)25/h2-3,6-7,15-16,21H,4-5,8-12H2,1H3,(H,24,25)(H,26,27)(H,28,29)(H2,22,23,30)/t15-,16-/m0/s1. The lowest BCUT2D eigenvalue weighted by Crippen LogP contribution is -2.51. The van der Waals surface area contributed by atoms with Gasteiger partial charge in [-0.3, -0.25) is 4.79 Å². The van der Waals surface area contributed by atoms with Crippen LogP contribution in [0.2, 0.25) is 0 Å². The number of carboxylic acid groups (broad SMARTS) is 3. The van der Waals surface area contributed by atoms with Crippen LogP contribution < -0.4 is 16.0 Å². The number of aliphatic carboxylic acids is 3. The van der Waals surface area contributed by atoms with E-state index in [0.717, 1.165) is 0 Å². The van der Waals surface area contributed by atoms with Gasteiger partial charge in [0, 0.05) is 13.0 Å². The van der Waals surface area contributed by atoms with Gasteiger partial charge in [0.2, 0.25) is 0 Å². The second-order valence-electron chi connectivity index (χ2n) is 6.93. The zero-order valence-electron chi connectivity index (χ0n) is 16.9. The Morgan fingerprint density at radius 3 is 2.07 bits per heavy atom. The van der Waals surface area contributed by atoms with E-state index >= 15 is 0 Å². The van der Waals surface area contributed by atoms with Gasteiger partial charge in [-0.25, -0.2) is 14.4 Å². The predicted octanol–water partition coefficient (Wildman–Crippen LogP) is 1.33. The Hall–Kier alpha value is -3.14. The van der Waals surface area contributed by atoms with Gasteiger partial charge in [0.15, 0.2) is 0 Å². The smallest absolute Gasteiger partial charge is 0.326 e. The van der Waals surface area contributed by atoms with Crippen molar-refractivity contribution in [2.45, 2.75) is 57.7 Å². The maximum atomic E-state index is 11.9. The average Bonchev–Trinajstić information content (AvgIpc) is 2.67. The molecule has 166 valence electrons. The van der Waals surface area contributed by atoms with Crippen LogP contribution in [-0.4, -0.2) is 57.9 Å². The van der Waals surface area contributed by atoms with Gasteiger partial charge in [-0.1, -0.05) is 24.3 Å². The Kier molecular flexibility index (Phi) is 10.9. The lowest BCUT2D eigenvalue weighted by Gasteiger charge is -2.18. The number of benzene rings is 1. The van der Waals surface area contributed by atoms with E-state index in [1.54, 1.807) is 0 Å². The highest BCUT2D eigenvalue weighted by Gasteiger charge is 2.24. The quantitative estimate of drug-likeness (QED) is 0.244. The Morgan fingerprint density at radius 2 is 1.50 bits per heavy atom. The predicted molar refractivity (Wildman–Crippen MR) is 108 cm³/mol. The molecular formula is C20H29N3O7. The van der Waals surface area contributed by atoms with Gasteiger partial charge < -0.3 is 31.3 Å². The number of rotatable bonds is 14. The molecule has 1 aromatic carbocycles. The van der Waals surface area contributed by atoms with E-state index in [1.165, 1.54) is 11.1 Å². The fourth-order valence-electron chi connectivity index (χ4n) is 2.77. The third-order valence-corrected chi connectivity index (χ3v) is 4.53. The first kappa shape index (κ1) is 24.9. The molecule has 0 aliphatic rings. The van der Waals surface area contributed by atoms with Crippen LogP contribution in [0.15, 0.2) is 24.3 Å². The van der Waals surface area contributed by atoms with Crippen molar-refractivity contribution in [3.63, 3.8) is 0 Å². The van der Waals surface area contributed by atoms with Crippen LogP contribution in [0.5, 0.6) is 0 Å². The minimum atomic E-state index is -1.42. The topological polar surface area (TPSA) is 165 Å². The van der Waals surface area contributed by atoms with Crippen LogP contribution in [0.25, 0.3) is 0 Å². The number of nitrogens with one attached hydrogen (secondary N) is 3. The lowest BCUT2D eigenvalue weighted by atomic mass is 10.1. The van der Waals surface area contributed by atoms with Gasteiger partial charge in [0.05, 0.1) is 0 Å². The Bertz CT molecular complexity index is 739. The van der Waals surface area contributed by atoms with Gasteiger partial charge >= 0.3 is 23.9 Å². The number of hydrogen-bond donors (Lipinski definition) is 6.